The van der Waals surface area contributed by atoms with E-state index in [9.17, 15) is 19.9 Å². The van der Waals surface area contributed by atoms with Crippen molar-refractivity contribution in [3.63, 3.8) is 0 Å². The monoisotopic (exact) mass is 733 g/mol. The highest BCUT2D eigenvalue weighted by Crippen LogP contribution is 2.43. The van der Waals surface area contributed by atoms with Gasteiger partial charge in [0.15, 0.2) is 12.5 Å². The molecule has 1 aliphatic heterocycles. The Morgan fingerprint density at radius 1 is 0.849 bits per heavy atom. The molecule has 0 aliphatic carbocycles. The lowest BCUT2D eigenvalue weighted by atomic mass is 9.91. The van der Waals surface area contributed by atoms with Gasteiger partial charge in [0, 0.05) is 42.3 Å². The molecule has 5 unspecified atom stereocenters. The Kier molecular flexibility index (Phi) is 12.8. The van der Waals surface area contributed by atoms with Crippen LogP contribution < -0.4 is 15.4 Å². The average molecular weight is 734 g/mol. The number of carbonyl (C=O) groups is 2. The van der Waals surface area contributed by atoms with Crippen molar-refractivity contribution >= 4 is 23.8 Å². The van der Waals surface area contributed by atoms with Crippen LogP contribution in [0, 0.1) is 11.1 Å². The fourth-order valence-corrected chi connectivity index (χ4v) is 7.35. The molecule has 0 bridgehead atoms. The molecule has 3 N–H and O–H groups in total. The van der Waals surface area contributed by atoms with Gasteiger partial charge in [-0.15, -0.1) is 0 Å². The molecule has 11 heteroatoms. The van der Waals surface area contributed by atoms with Crippen LogP contribution in [0.3, 0.4) is 0 Å². The van der Waals surface area contributed by atoms with Crippen LogP contribution in [0.5, 0.6) is 0 Å². The second-order valence-electron chi connectivity index (χ2n) is 12.9. The van der Waals surface area contributed by atoms with Crippen LogP contribution in [0.2, 0.25) is 0 Å². The van der Waals surface area contributed by atoms with Gasteiger partial charge in [-0.3, -0.25) is 0 Å². The van der Waals surface area contributed by atoms with E-state index < -0.39 is 24.3 Å². The zero-order chi connectivity index (χ0) is 37.2. The van der Waals surface area contributed by atoms with Crippen molar-refractivity contribution in [2.75, 3.05) is 12.9 Å². The number of aromatic nitrogens is 1. The Labute approximate surface area is 313 Å². The maximum Gasteiger partial charge on any atom is 0.328 e. The quantitative estimate of drug-likeness (QED) is 0.0531. The van der Waals surface area contributed by atoms with Gasteiger partial charge in [0.25, 0.3) is 5.03 Å². The summed E-state index contributed by atoms with van der Waals surface area (Å²) in [5, 5.41) is 28.1. The van der Waals surface area contributed by atoms with E-state index in [1.165, 1.54) is 25.1 Å². The van der Waals surface area contributed by atoms with Crippen molar-refractivity contribution in [2.24, 2.45) is 5.92 Å². The van der Waals surface area contributed by atoms with Crippen molar-refractivity contribution in [1.82, 2.24) is 10.6 Å². The van der Waals surface area contributed by atoms with Crippen molar-refractivity contribution in [1.29, 1.82) is 0 Å². The summed E-state index contributed by atoms with van der Waals surface area (Å²) in [6.45, 7) is 2.32. The maximum absolute atomic E-state index is 12.8. The van der Waals surface area contributed by atoms with Crippen molar-refractivity contribution in [3.8, 4) is 11.1 Å². The van der Waals surface area contributed by atoms with Crippen LogP contribution >= 0.6 is 11.8 Å². The number of benzene rings is 4. The molecule has 0 saturated carbocycles. The Morgan fingerprint density at radius 2 is 1.57 bits per heavy atom. The summed E-state index contributed by atoms with van der Waals surface area (Å²) in [6, 6.07) is 37.2. The van der Waals surface area contributed by atoms with Crippen LogP contribution in [0.4, 0.5) is 4.79 Å². The summed E-state index contributed by atoms with van der Waals surface area (Å²) >= 11 is 1.46. The summed E-state index contributed by atoms with van der Waals surface area (Å²) in [4.78, 5) is 25.2. The number of amides is 2. The third-order valence-corrected chi connectivity index (χ3v) is 10.4. The zero-order valence-corrected chi connectivity index (χ0v) is 30.4. The third-order valence-electron chi connectivity index (χ3n) is 9.28. The van der Waals surface area contributed by atoms with Crippen molar-refractivity contribution in [2.45, 2.75) is 56.1 Å². The Balaban J connectivity index is 1.12. The Hall–Kier alpha value is -5.20. The molecule has 5 atom stereocenters. The molecule has 1 saturated heterocycles. The summed E-state index contributed by atoms with van der Waals surface area (Å²) in [5.74, 6) is 0.0282. The number of esters is 1. The first-order chi connectivity index (χ1) is 25.8. The minimum Gasteiger partial charge on any atom is -0.618 e. The van der Waals surface area contributed by atoms with Gasteiger partial charge in [0.1, 0.15) is 6.04 Å². The minimum absolute atomic E-state index is 0.0181. The number of urea groups is 1. The van der Waals surface area contributed by atoms with Crippen molar-refractivity contribution in [3.05, 3.63) is 161 Å². The molecule has 1 fully saturated rings. The van der Waals surface area contributed by atoms with Gasteiger partial charge in [-0.25, -0.2) is 9.59 Å². The molecule has 2 amide bonds. The first kappa shape index (κ1) is 37.6. The minimum atomic E-state index is -0.822. The topological polar surface area (TPSA) is 133 Å². The smallest absolute Gasteiger partial charge is 0.328 e. The number of thioether (sulfide) groups is 1. The van der Waals surface area contributed by atoms with E-state index in [1.807, 2.05) is 109 Å². The number of hydrogen-bond donors (Lipinski definition) is 3. The molecule has 4 aromatic carbocycles. The number of hydrogen-bond acceptors (Lipinski definition) is 8. The lowest BCUT2D eigenvalue weighted by Gasteiger charge is -2.41. The Morgan fingerprint density at radius 3 is 2.28 bits per heavy atom. The molecule has 10 nitrogen and oxygen atoms in total. The van der Waals surface area contributed by atoms with E-state index in [0.29, 0.717) is 17.2 Å². The van der Waals surface area contributed by atoms with Crippen LogP contribution in [-0.2, 0) is 38.6 Å². The number of ether oxygens (including phenoxy) is 3. The Bertz CT molecular complexity index is 1960. The highest BCUT2D eigenvalue weighted by atomic mass is 32.2. The van der Waals surface area contributed by atoms with Gasteiger partial charge in [0.05, 0.1) is 25.9 Å². The largest absolute Gasteiger partial charge is 0.618 e. The lowest BCUT2D eigenvalue weighted by Crippen LogP contribution is -2.47. The summed E-state index contributed by atoms with van der Waals surface area (Å²) in [5.41, 5.74) is 6.42. The number of nitrogens with one attached hydrogen (secondary N) is 2. The number of rotatable bonds is 13. The molecule has 6 rings (SSSR count). The maximum atomic E-state index is 12.8. The fourth-order valence-electron chi connectivity index (χ4n) is 6.27. The number of nitrogens with zero attached hydrogens (tertiary/aromatic N) is 1. The standard InChI is InChI=1S/C42H43N3O7S/c1-28-37(27-53-38-13-6-7-22-45(38)49)51-41(52-39(28)33-16-14-30(26-46)15-17-33)34-20-18-32(19-21-34)35-12-8-11-31(23-35)25-43-42(48)44-36(40(47)50-2)24-29-9-4-3-5-10-29/h3-23,28,36-37,39,41,46H,24-27H2,1-2H3,(H2,43,44,48). The second kappa shape index (κ2) is 18.0. The third kappa shape index (κ3) is 9.82. The number of methoxy groups -OCH3 is 1. The predicted octanol–water partition coefficient (Wildman–Crippen LogP) is 6.65. The summed E-state index contributed by atoms with van der Waals surface area (Å²) in [6.07, 6.45) is 0.669. The van der Waals surface area contributed by atoms with Gasteiger partial charge in [-0.1, -0.05) is 116 Å². The normalized spacial score (nSPS) is 18.8. The molecule has 1 aliphatic rings. The fraction of sp³-hybridized carbons (Fsp3) is 0.262. The van der Waals surface area contributed by atoms with Gasteiger partial charge in [-0.2, -0.15) is 4.73 Å². The SMILES string of the molecule is COC(=O)C(Cc1ccccc1)NC(=O)NCc1cccc(-c2ccc(C3OC(CSc4cccc[n+]4[O-])C(C)C(c4ccc(CO)cc4)O3)cc2)c1. The van der Waals surface area contributed by atoms with Gasteiger partial charge in [-0.05, 0) is 45.5 Å². The summed E-state index contributed by atoms with van der Waals surface area (Å²) in [7, 11) is 1.30. The predicted molar refractivity (Wildman–Crippen MR) is 202 cm³/mol. The van der Waals surface area contributed by atoms with E-state index in [1.54, 1.807) is 12.1 Å². The molecule has 0 spiro atoms. The molecule has 274 valence electrons. The van der Waals surface area contributed by atoms with Gasteiger partial charge >= 0.3 is 12.0 Å². The average Bonchev–Trinajstić information content (AvgIpc) is 3.20. The van der Waals surface area contributed by atoms with Crippen LogP contribution in [0.25, 0.3) is 11.1 Å². The van der Waals surface area contributed by atoms with E-state index in [-0.39, 0.29) is 31.3 Å². The number of aliphatic hydroxyl groups is 1. The molecule has 0 radical (unpaired) electrons. The lowest BCUT2D eigenvalue weighted by molar-refractivity contribution is -0.645. The molecule has 5 aromatic rings. The first-order valence-corrected chi connectivity index (χ1v) is 18.5. The molecule has 1 aromatic heterocycles. The molecular weight excluding hydrogens is 691 g/mol. The van der Waals surface area contributed by atoms with E-state index in [4.69, 9.17) is 14.2 Å². The van der Waals surface area contributed by atoms with E-state index in [0.717, 1.165) is 43.7 Å². The van der Waals surface area contributed by atoms with Crippen LogP contribution in [0.1, 0.15) is 47.1 Å². The van der Waals surface area contributed by atoms with Crippen molar-refractivity contribution < 1.29 is 33.6 Å². The van der Waals surface area contributed by atoms with E-state index >= 15 is 0 Å². The van der Waals surface area contributed by atoms with Crippen LogP contribution in [0.15, 0.2) is 133 Å². The molecule has 53 heavy (non-hydrogen) atoms. The summed E-state index contributed by atoms with van der Waals surface area (Å²) < 4.78 is 19.0. The zero-order valence-electron chi connectivity index (χ0n) is 29.6. The van der Waals surface area contributed by atoms with Gasteiger partial charge in [0.2, 0.25) is 0 Å². The number of pyridine rings is 1. The van der Waals surface area contributed by atoms with E-state index in [2.05, 4.69) is 17.6 Å². The van der Waals surface area contributed by atoms with Crippen LogP contribution in [-0.4, -0.2) is 42.1 Å². The van der Waals surface area contributed by atoms with Gasteiger partial charge < -0.3 is 35.2 Å². The molecular formula is C42H43N3O7S. The highest BCUT2D eigenvalue weighted by Gasteiger charge is 2.38. The first-order valence-electron chi connectivity index (χ1n) is 17.5. The molecule has 2 heterocycles. The number of aliphatic hydroxyl groups excluding tert-OH is 1. The highest BCUT2D eigenvalue weighted by molar-refractivity contribution is 7.99. The number of carbonyl (C=O) groups excluding carboxylic acids is 2. The second-order valence-corrected chi connectivity index (χ2v) is 14.0.